The normalized spacial score (nSPS) is 14.7. The fraction of sp³-hybridized carbons (Fsp3) is 0.500. The molecule has 0 saturated carbocycles. The maximum Gasteiger partial charge on any atom is 0.318 e. The minimum absolute atomic E-state index is 0.00972. The molecule has 1 aliphatic heterocycles. The van der Waals surface area contributed by atoms with Crippen molar-refractivity contribution in [2.45, 2.75) is 39.7 Å². The number of carbonyl (C=O) groups excluding carboxylic acids is 2. The van der Waals surface area contributed by atoms with Gasteiger partial charge in [-0.25, -0.2) is 4.79 Å². The Hall–Kier alpha value is -3.16. The first kappa shape index (κ1) is 23.5. The number of carbonyl (C=O) groups is 2. The van der Waals surface area contributed by atoms with Crippen LogP contribution in [0.3, 0.4) is 0 Å². The van der Waals surface area contributed by atoms with Crippen LogP contribution in [0.2, 0.25) is 0 Å². The lowest BCUT2D eigenvalue weighted by molar-refractivity contribution is -0.132. The van der Waals surface area contributed by atoms with Gasteiger partial charge in [0.25, 0.3) is 0 Å². The van der Waals surface area contributed by atoms with Crippen molar-refractivity contribution in [3.63, 3.8) is 0 Å². The molecule has 8 nitrogen and oxygen atoms in total. The lowest BCUT2D eigenvalue weighted by Gasteiger charge is -2.37. The van der Waals surface area contributed by atoms with E-state index in [1.165, 1.54) is 0 Å². The Morgan fingerprint density at radius 1 is 1.03 bits per heavy atom. The molecule has 1 aliphatic rings. The van der Waals surface area contributed by atoms with Gasteiger partial charge in [0.2, 0.25) is 5.91 Å². The largest absolute Gasteiger partial charge is 0.352 e. The van der Waals surface area contributed by atoms with Gasteiger partial charge >= 0.3 is 6.03 Å². The molecule has 0 spiro atoms. The van der Waals surface area contributed by atoms with Crippen molar-refractivity contribution >= 4 is 17.8 Å². The molecule has 1 aromatic heterocycles. The molecule has 1 aromatic carbocycles. The van der Waals surface area contributed by atoms with Crippen molar-refractivity contribution in [1.82, 2.24) is 25.3 Å². The molecule has 172 valence electrons. The number of nitrogens with one attached hydrogen (secondary N) is 1. The number of aromatic nitrogens is 2. The Morgan fingerprint density at radius 2 is 1.75 bits per heavy atom. The van der Waals surface area contributed by atoms with Crippen LogP contribution >= 0.6 is 0 Å². The SMILES string of the molecule is CCCNC(=O)N(CC(=O)N1CCN(c2ccc(-c3ccccc3)nn2)CC1)C(C)CC. The quantitative estimate of drug-likeness (QED) is 0.685. The van der Waals surface area contributed by atoms with Gasteiger partial charge in [0.15, 0.2) is 5.82 Å². The van der Waals surface area contributed by atoms with E-state index in [0.29, 0.717) is 32.7 Å². The number of piperazine rings is 1. The molecule has 1 N–H and O–H groups in total. The molecule has 2 aromatic rings. The number of hydrogen-bond acceptors (Lipinski definition) is 5. The topological polar surface area (TPSA) is 81.7 Å². The second kappa shape index (κ2) is 11.5. The molecule has 0 bridgehead atoms. The van der Waals surface area contributed by atoms with Crippen molar-refractivity contribution in [2.75, 3.05) is 44.2 Å². The average molecular weight is 439 g/mol. The highest BCUT2D eigenvalue weighted by molar-refractivity contribution is 5.84. The first-order valence-corrected chi connectivity index (χ1v) is 11.5. The summed E-state index contributed by atoms with van der Waals surface area (Å²) in [6.07, 6.45) is 1.67. The highest BCUT2D eigenvalue weighted by atomic mass is 16.2. The van der Waals surface area contributed by atoms with Crippen LogP contribution in [-0.4, -0.2) is 77.2 Å². The first-order chi connectivity index (χ1) is 15.5. The lowest BCUT2D eigenvalue weighted by atomic mass is 10.1. The van der Waals surface area contributed by atoms with Crippen LogP contribution in [0.1, 0.15) is 33.6 Å². The number of benzene rings is 1. The highest BCUT2D eigenvalue weighted by Crippen LogP contribution is 2.19. The van der Waals surface area contributed by atoms with E-state index in [0.717, 1.165) is 29.9 Å². The van der Waals surface area contributed by atoms with Crippen LogP contribution in [0.15, 0.2) is 42.5 Å². The van der Waals surface area contributed by atoms with Crippen molar-refractivity contribution in [3.8, 4) is 11.3 Å². The third-order valence-corrected chi connectivity index (χ3v) is 5.89. The zero-order chi connectivity index (χ0) is 22.9. The zero-order valence-electron chi connectivity index (χ0n) is 19.3. The van der Waals surface area contributed by atoms with E-state index >= 15 is 0 Å². The molecule has 1 unspecified atom stereocenters. The molecule has 3 rings (SSSR count). The van der Waals surface area contributed by atoms with Gasteiger partial charge in [-0.1, -0.05) is 44.2 Å². The summed E-state index contributed by atoms with van der Waals surface area (Å²) in [6, 6.07) is 13.8. The third kappa shape index (κ3) is 5.96. The minimum atomic E-state index is -0.165. The Morgan fingerprint density at radius 3 is 2.34 bits per heavy atom. The number of hydrogen-bond donors (Lipinski definition) is 1. The summed E-state index contributed by atoms with van der Waals surface area (Å²) in [5, 5.41) is 11.7. The lowest BCUT2D eigenvalue weighted by Crippen LogP contribution is -2.54. The van der Waals surface area contributed by atoms with Crippen LogP contribution < -0.4 is 10.2 Å². The van der Waals surface area contributed by atoms with Gasteiger partial charge in [-0.2, -0.15) is 0 Å². The van der Waals surface area contributed by atoms with Gasteiger partial charge in [-0.3, -0.25) is 4.79 Å². The standard InChI is InChI=1S/C24H34N6O2/c1-4-13-25-24(32)30(19(3)5-2)18-23(31)29-16-14-28(15-17-29)22-12-11-21(26-27-22)20-9-7-6-8-10-20/h6-12,19H,4-5,13-18H2,1-3H3,(H,25,32). The summed E-state index contributed by atoms with van der Waals surface area (Å²) in [5.41, 5.74) is 1.88. The van der Waals surface area contributed by atoms with Gasteiger partial charge in [-0.05, 0) is 31.9 Å². The van der Waals surface area contributed by atoms with Gasteiger partial charge in [0.1, 0.15) is 6.54 Å². The van der Waals surface area contributed by atoms with E-state index in [4.69, 9.17) is 0 Å². The molecule has 3 amide bonds. The Labute approximate surface area is 190 Å². The zero-order valence-corrected chi connectivity index (χ0v) is 19.3. The third-order valence-electron chi connectivity index (χ3n) is 5.89. The fourth-order valence-corrected chi connectivity index (χ4v) is 3.67. The average Bonchev–Trinajstić information content (AvgIpc) is 2.86. The van der Waals surface area contributed by atoms with Crippen LogP contribution in [-0.2, 0) is 4.79 Å². The number of anilines is 1. The summed E-state index contributed by atoms with van der Waals surface area (Å²) >= 11 is 0. The van der Waals surface area contributed by atoms with Crippen LogP contribution in [0, 0.1) is 0 Å². The molecule has 0 aliphatic carbocycles. The molecule has 1 fully saturated rings. The predicted octanol–water partition coefficient (Wildman–Crippen LogP) is 3.01. The van der Waals surface area contributed by atoms with E-state index in [9.17, 15) is 9.59 Å². The number of amides is 3. The second-order valence-electron chi connectivity index (χ2n) is 8.13. The molecule has 8 heteroatoms. The van der Waals surface area contributed by atoms with E-state index in [1.54, 1.807) is 4.90 Å². The first-order valence-electron chi connectivity index (χ1n) is 11.5. The summed E-state index contributed by atoms with van der Waals surface area (Å²) in [6.45, 7) is 9.33. The smallest absolute Gasteiger partial charge is 0.318 e. The van der Waals surface area contributed by atoms with Crippen LogP contribution in [0.4, 0.5) is 10.6 Å². The van der Waals surface area contributed by atoms with E-state index < -0.39 is 0 Å². The van der Waals surface area contributed by atoms with E-state index in [1.807, 2.05) is 68.1 Å². The fourth-order valence-electron chi connectivity index (χ4n) is 3.67. The van der Waals surface area contributed by atoms with Crippen LogP contribution in [0.5, 0.6) is 0 Å². The molecule has 1 atom stereocenters. The van der Waals surface area contributed by atoms with Crippen molar-refractivity contribution in [1.29, 1.82) is 0 Å². The molecular formula is C24H34N6O2. The monoisotopic (exact) mass is 438 g/mol. The maximum atomic E-state index is 12.9. The number of rotatable bonds is 8. The number of urea groups is 1. The minimum Gasteiger partial charge on any atom is -0.352 e. The van der Waals surface area contributed by atoms with E-state index in [-0.39, 0.29) is 24.5 Å². The summed E-state index contributed by atoms with van der Waals surface area (Å²) in [7, 11) is 0. The molecule has 0 radical (unpaired) electrons. The van der Waals surface area contributed by atoms with Gasteiger partial charge in [0.05, 0.1) is 5.69 Å². The molecule has 32 heavy (non-hydrogen) atoms. The van der Waals surface area contributed by atoms with Crippen molar-refractivity contribution in [3.05, 3.63) is 42.5 Å². The maximum absolute atomic E-state index is 12.9. The van der Waals surface area contributed by atoms with Gasteiger partial charge < -0.3 is 20.0 Å². The summed E-state index contributed by atoms with van der Waals surface area (Å²) < 4.78 is 0. The molecule has 2 heterocycles. The molecule has 1 saturated heterocycles. The van der Waals surface area contributed by atoms with Crippen LogP contribution in [0.25, 0.3) is 11.3 Å². The Balaban J connectivity index is 1.55. The van der Waals surface area contributed by atoms with Crippen molar-refractivity contribution in [2.24, 2.45) is 0 Å². The number of nitrogens with zero attached hydrogens (tertiary/aromatic N) is 5. The van der Waals surface area contributed by atoms with Gasteiger partial charge in [0, 0.05) is 44.3 Å². The predicted molar refractivity (Wildman–Crippen MR) is 126 cm³/mol. The Kier molecular flexibility index (Phi) is 8.41. The van der Waals surface area contributed by atoms with E-state index in [2.05, 4.69) is 20.4 Å². The summed E-state index contributed by atoms with van der Waals surface area (Å²) in [4.78, 5) is 31.1. The Bertz CT molecular complexity index is 866. The highest BCUT2D eigenvalue weighted by Gasteiger charge is 2.27. The summed E-state index contributed by atoms with van der Waals surface area (Å²) in [5.74, 6) is 0.805. The van der Waals surface area contributed by atoms with Gasteiger partial charge in [-0.15, -0.1) is 10.2 Å². The van der Waals surface area contributed by atoms with Crippen molar-refractivity contribution < 1.29 is 9.59 Å². The molecular weight excluding hydrogens is 404 g/mol. The second-order valence-corrected chi connectivity index (χ2v) is 8.13.